The van der Waals surface area contributed by atoms with Crippen LogP contribution in [0.2, 0.25) is 0 Å². The number of ether oxygens (including phenoxy) is 4. The third-order valence-corrected chi connectivity index (χ3v) is 21.1. The van der Waals surface area contributed by atoms with Gasteiger partial charge in [-0.05, 0) is 195 Å². The lowest BCUT2D eigenvalue weighted by Gasteiger charge is -2.54. The van der Waals surface area contributed by atoms with Crippen LogP contribution in [0.25, 0.3) is 0 Å². The summed E-state index contributed by atoms with van der Waals surface area (Å²) in [6, 6.07) is 0.0927. The molecule has 8 rings (SSSR count). The van der Waals surface area contributed by atoms with Gasteiger partial charge in [-0.15, -0.1) is 0 Å². The molecule has 14 atom stereocenters. The lowest BCUT2D eigenvalue weighted by molar-refractivity contribution is -1.11. The summed E-state index contributed by atoms with van der Waals surface area (Å²) in [5, 5.41) is 0. The van der Waals surface area contributed by atoms with Gasteiger partial charge in [0.05, 0.1) is 52.5 Å². The molecule has 4 aliphatic heterocycles. The molecule has 0 bridgehead atoms. The molecule has 2 spiro atoms. The van der Waals surface area contributed by atoms with Gasteiger partial charge in [0.1, 0.15) is 35.5 Å². The van der Waals surface area contributed by atoms with Crippen LogP contribution in [0.4, 0.5) is 9.59 Å². The minimum Gasteiger partial charge on any atom is -0.444 e. The smallest absolute Gasteiger partial charge is 0.410 e. The first-order valence-corrected chi connectivity index (χ1v) is 29.5. The highest BCUT2D eigenvalue weighted by atomic mass is 16.7. The van der Waals surface area contributed by atoms with Crippen molar-refractivity contribution in [1.82, 2.24) is 19.6 Å². The van der Waals surface area contributed by atoms with Crippen LogP contribution >= 0.6 is 0 Å². The lowest BCUT2D eigenvalue weighted by Crippen LogP contribution is -2.63. The van der Waals surface area contributed by atoms with Gasteiger partial charge in [0.25, 0.3) is 0 Å². The maximum Gasteiger partial charge on any atom is 0.410 e. The SMILES string of the molecule is COC1CCC2C(C1)CC1C2[C@@]2(CCN(C(=O)OC(C)(C)C)C2)CN(C(C)=O)[C@@H]1CO[N+](C)(C)C(C)(C)C.COC1CCC2C(C1)CC1C2[C@]2(CCN(C(=O)OC(C)(C)C)C2)CN(C(C)=O)[C@@H]1CO[N+](C)(C)C(C)(C)C. The highest BCUT2D eigenvalue weighted by Crippen LogP contribution is 2.64. The Kier molecular flexibility index (Phi) is 17.6. The van der Waals surface area contributed by atoms with Gasteiger partial charge in [0.15, 0.2) is 0 Å². The Morgan fingerprint density at radius 3 is 1.13 bits per heavy atom. The number of hydroxylamine groups is 6. The fraction of sp³-hybridized carbons (Fsp3) is 0.933. The van der Waals surface area contributed by atoms with E-state index in [1.165, 1.54) is 0 Å². The number of likely N-dealkylation sites (tertiary alicyclic amines) is 4. The Morgan fingerprint density at radius 1 is 0.500 bits per heavy atom. The average molecular weight is 1070 g/mol. The van der Waals surface area contributed by atoms with Gasteiger partial charge < -0.3 is 38.5 Å². The number of hydrogen-bond donors (Lipinski definition) is 0. The minimum atomic E-state index is -0.523. The van der Waals surface area contributed by atoms with E-state index in [0.29, 0.717) is 121 Å². The van der Waals surface area contributed by atoms with Crippen LogP contribution in [0, 0.1) is 58.2 Å². The third kappa shape index (κ3) is 12.6. The summed E-state index contributed by atoms with van der Waals surface area (Å²) < 4.78 is 24.1. The normalized spacial score (nSPS) is 35.8. The molecule has 4 amide bonds. The van der Waals surface area contributed by atoms with Crippen molar-refractivity contribution in [1.29, 1.82) is 0 Å². The zero-order chi connectivity index (χ0) is 56.5. The number of piperidine rings is 2. The highest BCUT2D eigenvalue weighted by molar-refractivity contribution is 5.75. The Hall–Kier alpha value is -2.76. The van der Waals surface area contributed by atoms with Gasteiger partial charge in [-0.3, -0.25) is 9.59 Å². The topological polar surface area (TPSA) is 137 Å². The molecule has 0 aromatic rings. The van der Waals surface area contributed by atoms with Crippen LogP contribution < -0.4 is 0 Å². The van der Waals surface area contributed by atoms with Crippen molar-refractivity contribution in [2.24, 2.45) is 58.2 Å². The minimum absolute atomic E-state index is 0.0463. The van der Waals surface area contributed by atoms with E-state index < -0.39 is 11.2 Å². The van der Waals surface area contributed by atoms with Gasteiger partial charge in [-0.25, -0.2) is 19.3 Å². The largest absolute Gasteiger partial charge is 0.444 e. The first kappa shape index (κ1) is 60.9. The van der Waals surface area contributed by atoms with Crippen molar-refractivity contribution in [3.63, 3.8) is 0 Å². The molecular weight excluding hydrogens is 965 g/mol. The first-order chi connectivity index (χ1) is 35.0. The van der Waals surface area contributed by atoms with E-state index in [9.17, 15) is 19.2 Å². The number of quaternary nitrogens is 2. The van der Waals surface area contributed by atoms with Crippen LogP contribution in [-0.2, 0) is 38.2 Å². The molecule has 8 fully saturated rings. The molecular formula is C60H108N6O10+2. The van der Waals surface area contributed by atoms with E-state index in [2.05, 4.69) is 79.5 Å². The lowest BCUT2D eigenvalue weighted by atomic mass is 9.60. The van der Waals surface area contributed by atoms with Crippen LogP contribution in [0.5, 0.6) is 0 Å². The maximum absolute atomic E-state index is 13.2. The molecule has 4 saturated carbocycles. The molecule has 4 aliphatic carbocycles. The second-order valence-electron chi connectivity index (χ2n) is 30.1. The molecule has 4 heterocycles. The second-order valence-corrected chi connectivity index (χ2v) is 30.1. The summed E-state index contributed by atoms with van der Waals surface area (Å²) in [5.74, 6) is 4.26. The number of rotatable bonds is 8. The molecule has 0 aromatic carbocycles. The molecule has 8 aliphatic rings. The zero-order valence-corrected chi connectivity index (χ0v) is 51.4. The van der Waals surface area contributed by atoms with E-state index >= 15 is 0 Å². The van der Waals surface area contributed by atoms with E-state index in [1.807, 2.05) is 65.6 Å². The molecule has 10 unspecified atom stereocenters. The van der Waals surface area contributed by atoms with Gasteiger partial charge in [-0.2, -0.15) is 9.29 Å². The predicted molar refractivity (Wildman–Crippen MR) is 294 cm³/mol. The Labute approximate surface area is 459 Å². The second kappa shape index (κ2) is 21.9. The summed E-state index contributed by atoms with van der Waals surface area (Å²) in [4.78, 5) is 73.9. The fourth-order valence-electron chi connectivity index (χ4n) is 15.8. The zero-order valence-electron chi connectivity index (χ0n) is 51.4. The fourth-order valence-corrected chi connectivity index (χ4v) is 15.8. The van der Waals surface area contributed by atoms with Gasteiger partial charge >= 0.3 is 12.2 Å². The van der Waals surface area contributed by atoms with E-state index in [-0.39, 0.29) is 58.0 Å². The standard InChI is InChI=1S/2C30H54N3O5/c2*1-20(34)32-19-30(13-14-31(18-30)27(35)38-29(5,6)7)26-23-12-11-22(36-10)15-21(23)16-24(26)25(32)17-37-33(8,9)28(2,3)4/h2*21-26H,11-19H2,1-10H3/q2*+1/t21?,22?,23?,24?,25-,26?,30+;21?,22?,23?,24?,25-,26?,30-/m11/s1. The van der Waals surface area contributed by atoms with Crippen molar-refractivity contribution in [2.75, 3.05) is 94.9 Å². The van der Waals surface area contributed by atoms with Gasteiger partial charge in [0, 0.05) is 78.2 Å². The third-order valence-electron chi connectivity index (χ3n) is 21.1. The summed E-state index contributed by atoms with van der Waals surface area (Å²) in [6.45, 7) is 33.2. The number of nitrogens with zero attached hydrogens (tertiary/aromatic N) is 6. The Morgan fingerprint density at radius 2 is 0.842 bits per heavy atom. The number of methoxy groups -OCH3 is 2. The molecule has 0 radical (unpaired) electrons. The van der Waals surface area contributed by atoms with E-state index in [1.54, 1.807) is 13.8 Å². The van der Waals surface area contributed by atoms with Gasteiger partial charge in [-0.1, -0.05) is 0 Å². The van der Waals surface area contributed by atoms with Crippen molar-refractivity contribution >= 4 is 24.0 Å². The molecule has 76 heavy (non-hydrogen) atoms. The molecule has 16 heteroatoms. The summed E-state index contributed by atoms with van der Waals surface area (Å²) >= 11 is 0. The number of carbonyl (C=O) groups excluding carboxylic acids is 4. The number of carbonyl (C=O) groups is 4. The van der Waals surface area contributed by atoms with Crippen molar-refractivity contribution in [3.05, 3.63) is 0 Å². The summed E-state index contributed by atoms with van der Waals surface area (Å²) in [6.07, 6.45) is 10.9. The number of amides is 4. The highest BCUT2D eigenvalue weighted by Gasteiger charge is 2.65. The quantitative estimate of drug-likeness (QED) is 0.171. The van der Waals surface area contributed by atoms with Gasteiger partial charge in [0.2, 0.25) is 11.8 Å². The van der Waals surface area contributed by atoms with Crippen LogP contribution in [0.15, 0.2) is 0 Å². The molecule has 0 N–H and O–H groups in total. The van der Waals surface area contributed by atoms with Crippen LogP contribution in [0.1, 0.15) is 161 Å². The molecule has 0 aromatic heterocycles. The number of fused-ring (bicyclic) bond motifs is 8. The number of hydrogen-bond acceptors (Lipinski definition) is 10. The van der Waals surface area contributed by atoms with Crippen LogP contribution in [0.3, 0.4) is 0 Å². The molecule has 436 valence electrons. The Bertz CT molecular complexity index is 1930. The predicted octanol–water partition coefficient (Wildman–Crippen LogP) is 9.44. The van der Waals surface area contributed by atoms with Crippen molar-refractivity contribution in [3.8, 4) is 0 Å². The maximum atomic E-state index is 13.2. The average Bonchev–Trinajstić information content (AvgIpc) is 4.10. The van der Waals surface area contributed by atoms with E-state index in [4.69, 9.17) is 28.6 Å². The summed E-state index contributed by atoms with van der Waals surface area (Å²) in [5.41, 5.74) is -1.40. The Balaban J connectivity index is 0.000000221. The van der Waals surface area contributed by atoms with Crippen molar-refractivity contribution < 1.29 is 57.1 Å². The monoisotopic (exact) mass is 1070 g/mol. The first-order valence-electron chi connectivity index (χ1n) is 29.5. The van der Waals surface area contributed by atoms with Crippen LogP contribution in [-0.4, -0.2) is 194 Å². The van der Waals surface area contributed by atoms with Crippen molar-refractivity contribution in [2.45, 2.75) is 208 Å². The summed E-state index contributed by atoms with van der Waals surface area (Å²) in [7, 11) is 12.1. The molecule has 4 saturated heterocycles. The van der Waals surface area contributed by atoms with E-state index in [0.717, 1.165) is 64.2 Å². The molecule has 16 nitrogen and oxygen atoms in total.